The highest BCUT2D eigenvalue weighted by Gasteiger charge is 2.37. The number of hydrogen-bond acceptors (Lipinski definition) is 8. The molecular formula is C24H31N5O2S3. The van der Waals surface area contributed by atoms with E-state index in [2.05, 4.69) is 20.2 Å². The number of Topliss-reactive ketones (excluding diaryl/α,β-unsaturated/α-hetero) is 1. The summed E-state index contributed by atoms with van der Waals surface area (Å²) in [6, 6.07) is 2.00. The molecule has 2 fully saturated rings. The first-order chi connectivity index (χ1) is 16.4. The second-order valence-electron chi connectivity index (χ2n) is 9.73. The Balaban J connectivity index is 1.29. The van der Waals surface area contributed by atoms with E-state index < -0.39 is 6.23 Å². The Hall–Kier alpha value is -1.59. The molecule has 2 aromatic heterocycles. The quantitative estimate of drug-likeness (QED) is 0.133. The van der Waals surface area contributed by atoms with E-state index in [0.29, 0.717) is 22.5 Å². The van der Waals surface area contributed by atoms with Gasteiger partial charge in [0.05, 0.1) is 15.6 Å². The van der Waals surface area contributed by atoms with Crippen LogP contribution in [0.4, 0.5) is 0 Å². The number of nitrogens with one attached hydrogen (secondary N) is 4. The molecule has 2 atom stereocenters. The molecular weight excluding hydrogens is 486 g/mol. The molecule has 2 unspecified atom stereocenters. The lowest BCUT2D eigenvalue weighted by Crippen LogP contribution is -2.28. The lowest BCUT2D eigenvalue weighted by molar-refractivity contribution is -0.114. The Kier molecular flexibility index (Phi) is 7.22. The maximum atomic E-state index is 12.7. The summed E-state index contributed by atoms with van der Waals surface area (Å²) in [7, 11) is 0. The highest BCUT2D eigenvalue weighted by Crippen LogP contribution is 2.41. The third-order valence-corrected chi connectivity index (χ3v) is 9.50. The van der Waals surface area contributed by atoms with Crippen molar-refractivity contribution in [3.63, 3.8) is 0 Å². The Morgan fingerprint density at radius 2 is 2.18 bits per heavy atom. The van der Waals surface area contributed by atoms with Gasteiger partial charge in [-0.3, -0.25) is 20.6 Å². The molecule has 7 nitrogen and oxygen atoms in total. The number of carbonyl (C=O) groups is 1. The van der Waals surface area contributed by atoms with Crippen molar-refractivity contribution in [1.82, 2.24) is 20.2 Å². The standard InChI is InChI=1S/C24H31N5O2S3/c1-12-8-15(28-27-12)9-19(32)29-34-16-6-7-18-17(10-16)20(24(31)26-11-13-2-3-13)23(33-18)21(25)22(30)14-4-5-14/h8,13-14,16,24-26,31H,2-7,9-11H2,1H3,(H,27,28)(H,29,32). The summed E-state index contributed by atoms with van der Waals surface area (Å²) in [6.45, 7) is 2.72. The molecule has 3 aliphatic carbocycles. The Labute approximate surface area is 213 Å². The van der Waals surface area contributed by atoms with Crippen LogP contribution in [0, 0.1) is 24.2 Å². The minimum Gasteiger partial charge on any atom is -0.374 e. The highest BCUT2D eigenvalue weighted by atomic mass is 32.2. The largest absolute Gasteiger partial charge is 0.374 e. The Morgan fingerprint density at radius 1 is 1.38 bits per heavy atom. The molecule has 2 saturated carbocycles. The first-order valence-corrected chi connectivity index (χ1v) is 14.1. The molecule has 0 bridgehead atoms. The van der Waals surface area contributed by atoms with Gasteiger partial charge in [-0.25, -0.2) is 0 Å². The molecule has 0 aliphatic heterocycles. The van der Waals surface area contributed by atoms with E-state index >= 15 is 0 Å². The number of hydrogen-bond donors (Lipinski definition) is 5. The van der Waals surface area contributed by atoms with Crippen LogP contribution >= 0.6 is 35.5 Å². The number of aromatic nitrogens is 2. The van der Waals surface area contributed by atoms with Gasteiger partial charge >= 0.3 is 0 Å². The van der Waals surface area contributed by atoms with Crippen LogP contribution in [-0.2, 0) is 24.1 Å². The summed E-state index contributed by atoms with van der Waals surface area (Å²) in [5.41, 5.74) is 3.91. The number of aromatic amines is 1. The maximum absolute atomic E-state index is 12.7. The van der Waals surface area contributed by atoms with Crippen molar-refractivity contribution in [3.05, 3.63) is 38.3 Å². The number of aryl methyl sites for hydroxylation is 2. The van der Waals surface area contributed by atoms with E-state index in [9.17, 15) is 9.90 Å². The molecule has 34 heavy (non-hydrogen) atoms. The number of rotatable bonds is 11. The summed E-state index contributed by atoms with van der Waals surface area (Å²) in [6.07, 6.45) is 6.61. The van der Waals surface area contributed by atoms with E-state index in [1.165, 1.54) is 17.7 Å². The van der Waals surface area contributed by atoms with Gasteiger partial charge in [-0.05, 0) is 81.4 Å². The molecule has 2 heterocycles. The Bertz CT molecular complexity index is 1100. The number of H-pyrrole nitrogens is 1. The van der Waals surface area contributed by atoms with Gasteiger partial charge in [0.2, 0.25) is 0 Å². The minimum absolute atomic E-state index is 0.00298. The summed E-state index contributed by atoms with van der Waals surface area (Å²) in [5, 5.41) is 30.5. The van der Waals surface area contributed by atoms with E-state index in [0.717, 1.165) is 66.2 Å². The van der Waals surface area contributed by atoms with Crippen molar-refractivity contribution in [3.8, 4) is 0 Å². The molecule has 0 amide bonds. The number of thiophene rings is 1. The maximum Gasteiger partial charge on any atom is 0.184 e. The summed E-state index contributed by atoms with van der Waals surface area (Å²) >= 11 is 8.71. The zero-order valence-corrected chi connectivity index (χ0v) is 21.7. The van der Waals surface area contributed by atoms with Gasteiger partial charge in [-0.2, -0.15) is 5.10 Å². The van der Waals surface area contributed by atoms with Gasteiger partial charge in [-0.15, -0.1) is 11.3 Å². The molecule has 0 spiro atoms. The zero-order valence-electron chi connectivity index (χ0n) is 19.3. The van der Waals surface area contributed by atoms with Crippen LogP contribution in [0.5, 0.6) is 0 Å². The number of carbonyl (C=O) groups excluding carboxylic acids is 1. The predicted molar refractivity (Wildman–Crippen MR) is 141 cm³/mol. The van der Waals surface area contributed by atoms with Crippen molar-refractivity contribution in [2.24, 2.45) is 11.8 Å². The van der Waals surface area contributed by atoms with E-state index in [1.54, 1.807) is 23.3 Å². The number of nitrogens with zero attached hydrogens (tertiary/aromatic N) is 1. The lowest BCUT2D eigenvalue weighted by Gasteiger charge is -2.24. The first kappa shape index (κ1) is 24.1. The molecule has 5 N–H and O–H groups in total. The highest BCUT2D eigenvalue weighted by molar-refractivity contribution is 7.99. The van der Waals surface area contributed by atoms with Crippen LogP contribution in [0.2, 0.25) is 0 Å². The van der Waals surface area contributed by atoms with Crippen molar-refractivity contribution in [2.45, 2.75) is 69.8 Å². The van der Waals surface area contributed by atoms with Crippen molar-refractivity contribution < 1.29 is 9.90 Å². The van der Waals surface area contributed by atoms with E-state index in [1.807, 2.05) is 13.0 Å². The smallest absolute Gasteiger partial charge is 0.184 e. The third-order valence-electron chi connectivity index (χ3n) is 6.70. The van der Waals surface area contributed by atoms with Gasteiger partial charge < -0.3 is 9.83 Å². The first-order valence-electron chi connectivity index (χ1n) is 12.0. The molecule has 0 radical (unpaired) electrons. The third kappa shape index (κ3) is 5.62. The molecule has 0 saturated heterocycles. The van der Waals surface area contributed by atoms with Crippen LogP contribution in [0.25, 0.3) is 0 Å². The second kappa shape index (κ2) is 10.2. The normalized spacial score (nSPS) is 20.6. The SMILES string of the molecule is Cc1cc(CC(=S)NSC2CCc3sc(C(=N)C(=O)C4CC4)c(C(O)NCC4CC4)c3C2)[nH]n1. The van der Waals surface area contributed by atoms with E-state index in [-0.39, 0.29) is 17.4 Å². The van der Waals surface area contributed by atoms with Crippen LogP contribution < -0.4 is 10.0 Å². The number of aliphatic hydroxyl groups is 1. The fourth-order valence-electron chi connectivity index (χ4n) is 4.44. The van der Waals surface area contributed by atoms with Gasteiger partial charge in [0.25, 0.3) is 0 Å². The molecule has 0 aromatic carbocycles. The summed E-state index contributed by atoms with van der Waals surface area (Å²) in [5.74, 6) is 0.566. The average molecular weight is 518 g/mol. The summed E-state index contributed by atoms with van der Waals surface area (Å²) in [4.78, 5) is 15.3. The van der Waals surface area contributed by atoms with Crippen molar-refractivity contribution in [2.75, 3.05) is 6.54 Å². The van der Waals surface area contributed by atoms with Crippen LogP contribution in [0.3, 0.4) is 0 Å². The van der Waals surface area contributed by atoms with Crippen molar-refractivity contribution >= 4 is 52.0 Å². The van der Waals surface area contributed by atoms with Gasteiger partial charge in [0, 0.05) is 40.3 Å². The van der Waals surface area contributed by atoms with Crippen LogP contribution in [0.1, 0.15) is 70.6 Å². The lowest BCUT2D eigenvalue weighted by atomic mass is 9.92. The Morgan fingerprint density at radius 3 is 2.85 bits per heavy atom. The zero-order chi connectivity index (χ0) is 23.8. The second-order valence-corrected chi connectivity index (χ2v) is 12.4. The van der Waals surface area contributed by atoms with Crippen LogP contribution in [0.15, 0.2) is 6.07 Å². The fourth-order valence-corrected chi connectivity index (χ4v) is 6.93. The molecule has 5 rings (SSSR count). The summed E-state index contributed by atoms with van der Waals surface area (Å²) < 4.78 is 3.34. The number of fused-ring (bicyclic) bond motifs is 1. The van der Waals surface area contributed by atoms with Crippen LogP contribution in [-0.4, -0.2) is 43.6 Å². The van der Waals surface area contributed by atoms with Gasteiger partial charge in [0.1, 0.15) is 11.9 Å². The van der Waals surface area contributed by atoms with Crippen molar-refractivity contribution in [1.29, 1.82) is 5.41 Å². The monoisotopic (exact) mass is 517 g/mol. The number of thiocarbonyl (C=S) groups is 1. The molecule has 182 valence electrons. The topological polar surface area (TPSA) is 114 Å². The minimum atomic E-state index is -0.843. The average Bonchev–Trinajstić information content (AvgIpc) is 3.75. The predicted octanol–water partition coefficient (Wildman–Crippen LogP) is 3.78. The number of ketones is 1. The molecule has 3 aliphatic rings. The molecule has 10 heteroatoms. The van der Waals surface area contributed by atoms with E-state index in [4.69, 9.17) is 17.6 Å². The molecule has 2 aromatic rings. The van der Waals surface area contributed by atoms with Gasteiger partial charge in [-0.1, -0.05) is 12.2 Å². The fraction of sp³-hybridized carbons (Fsp3) is 0.583. The van der Waals surface area contributed by atoms with Gasteiger partial charge in [0.15, 0.2) is 5.78 Å². The number of aliphatic hydroxyl groups excluding tert-OH is 1.